The second kappa shape index (κ2) is 7.64. The molecule has 0 saturated carbocycles. The Labute approximate surface area is 150 Å². The Hall–Kier alpha value is -3.11. The number of nitrogens with one attached hydrogen (secondary N) is 2. The molecule has 0 aliphatic heterocycles. The molecule has 5 heteroatoms. The minimum absolute atomic E-state index is 0.217. The van der Waals surface area contributed by atoms with E-state index in [1.54, 1.807) is 36.4 Å². The second-order valence-electron chi connectivity index (χ2n) is 5.33. The fourth-order valence-corrected chi connectivity index (χ4v) is 2.55. The Balaban J connectivity index is 1.74. The van der Waals surface area contributed by atoms with Gasteiger partial charge in [-0.2, -0.15) is 0 Å². The van der Waals surface area contributed by atoms with Gasteiger partial charge in [0.1, 0.15) is 0 Å². The third-order valence-electron chi connectivity index (χ3n) is 3.54. The monoisotopic (exact) mass is 350 g/mol. The lowest BCUT2D eigenvalue weighted by Gasteiger charge is -2.09. The predicted molar refractivity (Wildman–Crippen MR) is 100 cm³/mol. The SMILES string of the molecule is O=C(Nc1ccccc1)c1ccc(C(=O)Nc2ccccc2)c(Cl)c1. The van der Waals surface area contributed by atoms with E-state index in [1.165, 1.54) is 6.07 Å². The van der Waals surface area contributed by atoms with Gasteiger partial charge in [0.15, 0.2) is 0 Å². The van der Waals surface area contributed by atoms with Gasteiger partial charge in [-0.15, -0.1) is 0 Å². The first-order valence-electron chi connectivity index (χ1n) is 7.66. The molecule has 3 aromatic rings. The zero-order valence-electron chi connectivity index (χ0n) is 13.2. The third-order valence-corrected chi connectivity index (χ3v) is 3.85. The van der Waals surface area contributed by atoms with Gasteiger partial charge in [0.05, 0.1) is 10.6 Å². The van der Waals surface area contributed by atoms with Gasteiger partial charge in [0, 0.05) is 16.9 Å². The maximum atomic E-state index is 12.3. The van der Waals surface area contributed by atoms with Crippen molar-refractivity contribution in [3.05, 3.63) is 95.0 Å². The number of halogens is 1. The number of rotatable bonds is 4. The van der Waals surface area contributed by atoms with E-state index in [1.807, 2.05) is 36.4 Å². The van der Waals surface area contributed by atoms with E-state index in [-0.39, 0.29) is 16.8 Å². The van der Waals surface area contributed by atoms with Crippen LogP contribution in [0.4, 0.5) is 11.4 Å². The van der Waals surface area contributed by atoms with Gasteiger partial charge in [-0.3, -0.25) is 9.59 Å². The molecule has 124 valence electrons. The second-order valence-corrected chi connectivity index (χ2v) is 5.74. The van der Waals surface area contributed by atoms with Gasteiger partial charge >= 0.3 is 0 Å². The highest BCUT2D eigenvalue weighted by molar-refractivity contribution is 6.35. The summed E-state index contributed by atoms with van der Waals surface area (Å²) in [6.45, 7) is 0. The minimum Gasteiger partial charge on any atom is -0.322 e. The van der Waals surface area contributed by atoms with Crippen LogP contribution < -0.4 is 10.6 Å². The van der Waals surface area contributed by atoms with Crippen LogP contribution >= 0.6 is 11.6 Å². The molecule has 0 aliphatic carbocycles. The van der Waals surface area contributed by atoms with Gasteiger partial charge in [0.25, 0.3) is 11.8 Å². The van der Waals surface area contributed by atoms with Crippen LogP contribution in [-0.2, 0) is 0 Å². The maximum absolute atomic E-state index is 12.3. The molecule has 3 aromatic carbocycles. The zero-order chi connectivity index (χ0) is 17.6. The lowest BCUT2D eigenvalue weighted by Crippen LogP contribution is -2.15. The molecular weight excluding hydrogens is 336 g/mol. The summed E-state index contributed by atoms with van der Waals surface area (Å²) in [4.78, 5) is 24.6. The summed E-state index contributed by atoms with van der Waals surface area (Å²) in [5.41, 5.74) is 2.05. The molecule has 0 aromatic heterocycles. The number of carbonyl (C=O) groups is 2. The zero-order valence-corrected chi connectivity index (χ0v) is 14.0. The Bertz CT molecular complexity index is 896. The summed E-state index contributed by atoms with van der Waals surface area (Å²) < 4.78 is 0. The van der Waals surface area contributed by atoms with Crippen LogP contribution in [0.2, 0.25) is 5.02 Å². The molecule has 0 saturated heterocycles. The number of hydrogen-bond donors (Lipinski definition) is 2. The van der Waals surface area contributed by atoms with Crippen molar-refractivity contribution in [2.75, 3.05) is 10.6 Å². The summed E-state index contributed by atoms with van der Waals surface area (Å²) in [5, 5.41) is 5.76. The minimum atomic E-state index is -0.328. The summed E-state index contributed by atoms with van der Waals surface area (Å²) in [6.07, 6.45) is 0. The fraction of sp³-hybridized carbons (Fsp3) is 0. The van der Waals surface area contributed by atoms with E-state index in [9.17, 15) is 9.59 Å². The molecular formula is C20H15ClN2O2. The van der Waals surface area contributed by atoms with Crippen molar-refractivity contribution < 1.29 is 9.59 Å². The molecule has 3 rings (SSSR count). The van der Waals surface area contributed by atoms with Gasteiger partial charge < -0.3 is 10.6 Å². The Morgan fingerprint density at radius 2 is 1.20 bits per heavy atom. The van der Waals surface area contributed by atoms with Crippen LogP contribution in [0.1, 0.15) is 20.7 Å². The van der Waals surface area contributed by atoms with Crippen molar-refractivity contribution in [3.8, 4) is 0 Å². The van der Waals surface area contributed by atoms with E-state index in [0.717, 1.165) is 0 Å². The van der Waals surface area contributed by atoms with Gasteiger partial charge in [-0.1, -0.05) is 48.0 Å². The standard InChI is InChI=1S/C20H15ClN2O2/c21-18-13-14(19(24)22-15-7-3-1-4-8-15)11-12-17(18)20(25)23-16-9-5-2-6-10-16/h1-13H,(H,22,24)(H,23,25). The molecule has 2 amide bonds. The maximum Gasteiger partial charge on any atom is 0.257 e. The van der Waals surface area contributed by atoms with E-state index in [0.29, 0.717) is 22.5 Å². The van der Waals surface area contributed by atoms with E-state index >= 15 is 0 Å². The van der Waals surface area contributed by atoms with Crippen molar-refractivity contribution in [1.82, 2.24) is 0 Å². The van der Waals surface area contributed by atoms with E-state index in [4.69, 9.17) is 11.6 Å². The van der Waals surface area contributed by atoms with Crippen molar-refractivity contribution in [3.63, 3.8) is 0 Å². The highest BCUT2D eigenvalue weighted by Crippen LogP contribution is 2.20. The molecule has 0 aliphatic rings. The van der Waals surface area contributed by atoms with Crippen molar-refractivity contribution in [2.45, 2.75) is 0 Å². The molecule has 0 heterocycles. The number of carbonyl (C=O) groups excluding carboxylic acids is 2. The van der Waals surface area contributed by atoms with E-state index in [2.05, 4.69) is 10.6 Å². The molecule has 4 nitrogen and oxygen atoms in total. The Morgan fingerprint density at radius 3 is 1.72 bits per heavy atom. The first-order chi connectivity index (χ1) is 12.1. The smallest absolute Gasteiger partial charge is 0.257 e. The lowest BCUT2D eigenvalue weighted by atomic mass is 10.1. The van der Waals surface area contributed by atoms with Gasteiger partial charge in [0.2, 0.25) is 0 Å². The average Bonchev–Trinajstić information content (AvgIpc) is 2.63. The molecule has 25 heavy (non-hydrogen) atoms. The first kappa shape index (κ1) is 16.7. The summed E-state index contributed by atoms with van der Waals surface area (Å²) in [5.74, 6) is -0.616. The highest BCUT2D eigenvalue weighted by Gasteiger charge is 2.14. The Morgan fingerprint density at radius 1 is 0.680 bits per heavy atom. The highest BCUT2D eigenvalue weighted by atomic mass is 35.5. The molecule has 0 unspecified atom stereocenters. The van der Waals surface area contributed by atoms with Crippen molar-refractivity contribution in [1.29, 1.82) is 0 Å². The molecule has 0 bridgehead atoms. The number of anilines is 2. The van der Waals surface area contributed by atoms with E-state index < -0.39 is 0 Å². The number of benzene rings is 3. The molecule has 0 radical (unpaired) electrons. The molecule has 2 N–H and O–H groups in total. The van der Waals surface area contributed by atoms with Gasteiger partial charge in [-0.05, 0) is 42.5 Å². The van der Waals surface area contributed by atoms with Crippen LogP contribution in [0.5, 0.6) is 0 Å². The van der Waals surface area contributed by atoms with Crippen LogP contribution in [0.15, 0.2) is 78.9 Å². The Kier molecular flexibility index (Phi) is 5.11. The number of hydrogen-bond acceptors (Lipinski definition) is 2. The summed E-state index contributed by atoms with van der Waals surface area (Å²) in [7, 11) is 0. The quantitative estimate of drug-likeness (QED) is 0.707. The average molecular weight is 351 g/mol. The molecule has 0 spiro atoms. The summed E-state index contributed by atoms with van der Waals surface area (Å²) in [6, 6.07) is 22.8. The van der Waals surface area contributed by atoms with Crippen LogP contribution in [-0.4, -0.2) is 11.8 Å². The largest absolute Gasteiger partial charge is 0.322 e. The lowest BCUT2D eigenvalue weighted by molar-refractivity contribution is 0.101. The van der Waals surface area contributed by atoms with Crippen LogP contribution in [0, 0.1) is 0 Å². The number of amides is 2. The predicted octanol–water partition coefficient (Wildman–Crippen LogP) is 4.84. The van der Waals surface area contributed by atoms with Crippen molar-refractivity contribution >= 4 is 34.8 Å². The first-order valence-corrected chi connectivity index (χ1v) is 8.03. The van der Waals surface area contributed by atoms with Crippen molar-refractivity contribution in [2.24, 2.45) is 0 Å². The normalized spacial score (nSPS) is 10.1. The third kappa shape index (κ3) is 4.25. The fourth-order valence-electron chi connectivity index (χ4n) is 2.29. The number of para-hydroxylation sites is 2. The molecule has 0 atom stereocenters. The summed E-state index contributed by atoms with van der Waals surface area (Å²) >= 11 is 6.20. The molecule has 0 fully saturated rings. The van der Waals surface area contributed by atoms with Crippen LogP contribution in [0.25, 0.3) is 0 Å². The topological polar surface area (TPSA) is 58.2 Å². The van der Waals surface area contributed by atoms with Crippen LogP contribution in [0.3, 0.4) is 0 Å². The van der Waals surface area contributed by atoms with Gasteiger partial charge in [-0.25, -0.2) is 0 Å².